The maximum absolute atomic E-state index is 12.9. The molecule has 0 radical (unpaired) electrons. The summed E-state index contributed by atoms with van der Waals surface area (Å²) in [6.45, 7) is 1.28. The number of anilines is 1. The number of thioether (sulfide) groups is 1. The summed E-state index contributed by atoms with van der Waals surface area (Å²) in [5.41, 5.74) is 0.945. The quantitative estimate of drug-likeness (QED) is 0.251. The molecule has 16 heteroatoms. The second kappa shape index (κ2) is 13.1. The van der Waals surface area contributed by atoms with Crippen molar-refractivity contribution in [2.75, 3.05) is 37.4 Å². The number of morpholine rings is 1. The molecule has 0 spiro atoms. The summed E-state index contributed by atoms with van der Waals surface area (Å²) < 4.78 is 34.0. The second-order valence-electron chi connectivity index (χ2n) is 8.61. The van der Waals surface area contributed by atoms with Crippen LogP contribution in [0.1, 0.15) is 16.2 Å². The fraction of sp³-hybridized carbons (Fsp3) is 0.240. The number of nitrogens with one attached hydrogen (secondary N) is 2. The monoisotopic (exact) mass is 633 g/mol. The lowest BCUT2D eigenvalue weighted by atomic mass is 10.2. The number of hydrogen-bond acceptors (Lipinski definition) is 10. The van der Waals surface area contributed by atoms with Gasteiger partial charge in [-0.1, -0.05) is 29.4 Å². The van der Waals surface area contributed by atoms with Gasteiger partial charge in [0.1, 0.15) is 0 Å². The highest BCUT2D eigenvalue weighted by atomic mass is 35.5. The summed E-state index contributed by atoms with van der Waals surface area (Å²) in [4.78, 5) is 29.5. The van der Waals surface area contributed by atoms with Gasteiger partial charge in [0.25, 0.3) is 5.91 Å². The lowest BCUT2D eigenvalue weighted by Gasteiger charge is -2.26. The molecule has 12 nitrogen and oxygen atoms in total. The van der Waals surface area contributed by atoms with Gasteiger partial charge in [0.15, 0.2) is 16.1 Å². The van der Waals surface area contributed by atoms with Crippen LogP contribution in [0.5, 0.6) is 0 Å². The van der Waals surface area contributed by atoms with E-state index in [2.05, 4.69) is 25.8 Å². The highest BCUT2D eigenvalue weighted by Crippen LogP contribution is 2.25. The van der Waals surface area contributed by atoms with E-state index in [1.165, 1.54) is 51.7 Å². The van der Waals surface area contributed by atoms with Gasteiger partial charge < -0.3 is 15.4 Å². The topological polar surface area (TPSA) is 148 Å². The molecule has 2 aromatic carbocycles. The number of sulfonamides is 1. The molecule has 2 aromatic heterocycles. The highest BCUT2D eigenvalue weighted by molar-refractivity contribution is 7.99. The van der Waals surface area contributed by atoms with Crippen LogP contribution in [0.2, 0.25) is 5.02 Å². The smallest absolute Gasteiger partial charge is 0.251 e. The van der Waals surface area contributed by atoms with Crippen LogP contribution < -0.4 is 10.6 Å². The largest absolute Gasteiger partial charge is 0.379 e. The number of benzene rings is 2. The lowest BCUT2D eigenvalue weighted by Crippen LogP contribution is -2.40. The minimum Gasteiger partial charge on any atom is -0.379 e. The first-order valence-electron chi connectivity index (χ1n) is 12.3. The normalized spacial score (nSPS) is 14.1. The first kappa shape index (κ1) is 29.2. The average Bonchev–Trinajstić information content (AvgIpc) is 3.65. The molecule has 1 fully saturated rings. The Morgan fingerprint density at radius 1 is 1.10 bits per heavy atom. The Kier molecular flexibility index (Phi) is 9.32. The number of ether oxygens (including phenoxy) is 1. The molecule has 3 heterocycles. The van der Waals surface area contributed by atoms with Crippen molar-refractivity contribution in [3.63, 3.8) is 0 Å². The summed E-state index contributed by atoms with van der Waals surface area (Å²) in [5.74, 6) is -0.197. The molecule has 0 aliphatic carbocycles. The molecular formula is C25H24ClN7O5S3. The summed E-state index contributed by atoms with van der Waals surface area (Å²) in [6, 6.07) is 12.8. The molecule has 2 amide bonds. The Morgan fingerprint density at radius 2 is 1.88 bits per heavy atom. The fourth-order valence-corrected chi connectivity index (χ4v) is 6.84. The molecule has 4 aromatic rings. The fourth-order valence-electron chi connectivity index (χ4n) is 3.93. The second-order valence-corrected chi connectivity index (χ2v) is 12.8. The third-order valence-corrected chi connectivity index (χ3v) is 9.67. The van der Waals surface area contributed by atoms with Crippen molar-refractivity contribution in [2.24, 2.45) is 0 Å². The lowest BCUT2D eigenvalue weighted by molar-refractivity contribution is -0.113. The van der Waals surface area contributed by atoms with E-state index < -0.39 is 15.9 Å². The molecule has 41 heavy (non-hydrogen) atoms. The summed E-state index contributed by atoms with van der Waals surface area (Å²) in [7, 11) is -3.67. The summed E-state index contributed by atoms with van der Waals surface area (Å²) in [5, 5.41) is 17.2. The van der Waals surface area contributed by atoms with E-state index in [1.54, 1.807) is 34.3 Å². The number of carbonyl (C=O) groups excluding carboxylic acids is 2. The van der Waals surface area contributed by atoms with Crippen molar-refractivity contribution in [2.45, 2.75) is 16.6 Å². The maximum Gasteiger partial charge on any atom is 0.251 e. The zero-order chi connectivity index (χ0) is 28.8. The van der Waals surface area contributed by atoms with Gasteiger partial charge in [-0.25, -0.2) is 13.4 Å². The summed E-state index contributed by atoms with van der Waals surface area (Å²) >= 11 is 8.71. The molecule has 1 aliphatic rings. The molecule has 1 aliphatic heterocycles. The zero-order valence-electron chi connectivity index (χ0n) is 21.4. The van der Waals surface area contributed by atoms with Gasteiger partial charge in [-0.05, 0) is 42.5 Å². The molecule has 2 N–H and O–H groups in total. The predicted molar refractivity (Wildman–Crippen MR) is 155 cm³/mol. The van der Waals surface area contributed by atoms with Gasteiger partial charge in [0.2, 0.25) is 15.9 Å². The Balaban J connectivity index is 1.28. The van der Waals surface area contributed by atoms with E-state index in [1.807, 2.05) is 6.07 Å². The van der Waals surface area contributed by atoms with E-state index in [0.717, 1.165) is 0 Å². The van der Waals surface area contributed by atoms with Crippen LogP contribution in [-0.2, 0) is 26.1 Å². The number of amides is 2. The third-order valence-electron chi connectivity index (χ3n) is 5.91. The minimum atomic E-state index is -3.67. The van der Waals surface area contributed by atoms with Crippen LogP contribution >= 0.6 is 34.7 Å². The predicted octanol–water partition coefficient (Wildman–Crippen LogP) is 3.06. The van der Waals surface area contributed by atoms with Crippen molar-refractivity contribution in [1.29, 1.82) is 0 Å². The first-order chi connectivity index (χ1) is 19.8. The molecule has 0 saturated carbocycles. The Morgan fingerprint density at radius 3 is 2.59 bits per heavy atom. The van der Waals surface area contributed by atoms with Crippen LogP contribution in [0.3, 0.4) is 0 Å². The average molecular weight is 634 g/mol. The number of carbonyl (C=O) groups is 2. The third kappa shape index (κ3) is 7.12. The van der Waals surface area contributed by atoms with E-state index in [4.69, 9.17) is 16.3 Å². The van der Waals surface area contributed by atoms with Crippen LogP contribution in [-0.4, -0.2) is 76.3 Å². The molecular weight excluding hydrogens is 610 g/mol. The van der Waals surface area contributed by atoms with E-state index in [0.29, 0.717) is 40.0 Å². The number of thiazole rings is 1. The number of rotatable bonds is 10. The van der Waals surface area contributed by atoms with Crippen LogP contribution in [0.15, 0.2) is 70.2 Å². The van der Waals surface area contributed by atoms with Gasteiger partial charge in [0, 0.05) is 35.3 Å². The van der Waals surface area contributed by atoms with Crippen molar-refractivity contribution in [1.82, 2.24) is 29.4 Å². The van der Waals surface area contributed by atoms with Crippen molar-refractivity contribution >= 4 is 61.7 Å². The van der Waals surface area contributed by atoms with Gasteiger partial charge in [-0.3, -0.25) is 14.2 Å². The SMILES string of the molecule is O=C(CSc1nnc(CNC(=O)c2ccc(S(=O)(=O)N3CCOCC3)cc2)n1-c1cccc(Cl)c1)Nc1nccs1. The Labute approximate surface area is 249 Å². The van der Waals surface area contributed by atoms with E-state index >= 15 is 0 Å². The first-order valence-corrected chi connectivity index (χ1v) is 16.0. The van der Waals surface area contributed by atoms with Gasteiger partial charge in [-0.2, -0.15) is 4.31 Å². The van der Waals surface area contributed by atoms with Crippen LogP contribution in [0.4, 0.5) is 5.13 Å². The molecule has 214 valence electrons. The van der Waals surface area contributed by atoms with Crippen molar-refractivity contribution in [3.05, 3.63) is 76.5 Å². The standard InChI is InChI=1S/C25H24ClN7O5S3/c26-18-2-1-3-19(14-18)33-21(30-31-25(33)40-16-22(34)29-24-27-8-13-39-24)15-28-23(35)17-4-6-20(7-5-17)41(36,37)32-9-11-38-12-10-32/h1-8,13-14H,9-12,15-16H2,(H,28,35)(H,27,29,34). The van der Waals surface area contributed by atoms with Crippen molar-refractivity contribution in [3.8, 4) is 5.69 Å². The van der Waals surface area contributed by atoms with Crippen molar-refractivity contribution < 1.29 is 22.7 Å². The highest BCUT2D eigenvalue weighted by Gasteiger charge is 2.26. The number of hydrogen-bond donors (Lipinski definition) is 2. The molecule has 5 rings (SSSR count). The maximum atomic E-state index is 12.9. The molecule has 1 saturated heterocycles. The van der Waals surface area contributed by atoms with Crippen LogP contribution in [0.25, 0.3) is 5.69 Å². The zero-order valence-corrected chi connectivity index (χ0v) is 24.6. The van der Waals surface area contributed by atoms with Gasteiger partial charge >= 0.3 is 0 Å². The molecule has 0 unspecified atom stereocenters. The summed E-state index contributed by atoms with van der Waals surface area (Å²) in [6.07, 6.45) is 1.60. The van der Waals surface area contributed by atoms with E-state index in [9.17, 15) is 18.0 Å². The van der Waals surface area contributed by atoms with Gasteiger partial charge in [-0.15, -0.1) is 21.5 Å². The number of nitrogens with zero attached hydrogens (tertiary/aromatic N) is 5. The van der Waals surface area contributed by atoms with Crippen LogP contribution in [0, 0.1) is 0 Å². The molecule has 0 atom stereocenters. The van der Waals surface area contributed by atoms with Gasteiger partial charge in [0.05, 0.1) is 36.1 Å². The molecule has 0 bridgehead atoms. The number of aromatic nitrogens is 4. The van der Waals surface area contributed by atoms with E-state index in [-0.39, 0.29) is 41.8 Å². The number of halogens is 1. The Hall–Kier alpha value is -3.34. The minimum absolute atomic E-state index is 0.0120. The Bertz CT molecular complexity index is 1620.